The summed E-state index contributed by atoms with van der Waals surface area (Å²) in [4.78, 5) is 12.9. The monoisotopic (exact) mass is 379 g/mol. The van der Waals surface area contributed by atoms with E-state index in [-0.39, 0.29) is 0 Å². The number of rotatable bonds is 2. The van der Waals surface area contributed by atoms with Crippen LogP contribution in [-0.2, 0) is 9.53 Å². The van der Waals surface area contributed by atoms with Gasteiger partial charge in [0.2, 0.25) is 0 Å². The molecule has 1 aromatic carbocycles. The van der Waals surface area contributed by atoms with Crippen LogP contribution in [0.4, 0.5) is 5.82 Å². The first-order chi connectivity index (χ1) is 11.7. The number of allylic oxidation sites excluding steroid dienone is 1. The van der Waals surface area contributed by atoms with Crippen LogP contribution in [0.5, 0.6) is 0 Å². The molecule has 0 amide bonds. The number of carbonyl (C=O) groups is 1. The molecule has 5 nitrogen and oxygen atoms in total. The molecule has 1 aliphatic heterocycles. The smallest absolute Gasteiger partial charge is 0.338 e. The van der Waals surface area contributed by atoms with E-state index >= 15 is 0 Å². The van der Waals surface area contributed by atoms with Gasteiger partial charge in [-0.05, 0) is 33.8 Å². The Morgan fingerprint density at radius 1 is 1.28 bits per heavy atom. The molecule has 2 heterocycles. The Balaban J connectivity index is 2.17. The fourth-order valence-corrected chi connectivity index (χ4v) is 3.23. The van der Waals surface area contributed by atoms with Crippen LogP contribution in [-0.4, -0.2) is 21.4 Å². The Hall–Kier alpha value is -1.98. The third-order valence-electron chi connectivity index (χ3n) is 3.80. The number of fused-ring (bicyclic) bond motifs is 1. The van der Waals surface area contributed by atoms with Crippen molar-refractivity contribution in [2.45, 2.75) is 39.3 Å². The SMILES string of the molecule is CC1=C(C(=O)OC(C)(C)C)C(c2cccc(Cl)c2Cl)n2nccc2N1. The number of anilines is 1. The molecule has 1 atom stereocenters. The van der Waals surface area contributed by atoms with Crippen molar-refractivity contribution >= 4 is 35.0 Å². The lowest BCUT2D eigenvalue weighted by molar-refractivity contribution is -0.150. The third-order valence-corrected chi connectivity index (χ3v) is 4.64. The quantitative estimate of drug-likeness (QED) is 0.759. The molecule has 0 aliphatic carbocycles. The van der Waals surface area contributed by atoms with Gasteiger partial charge >= 0.3 is 5.97 Å². The Morgan fingerprint density at radius 3 is 2.68 bits per heavy atom. The first kappa shape index (κ1) is 17.8. The number of nitrogens with zero attached hydrogens (tertiary/aromatic N) is 2. The molecule has 0 saturated heterocycles. The van der Waals surface area contributed by atoms with E-state index in [1.165, 1.54) is 0 Å². The lowest BCUT2D eigenvalue weighted by Crippen LogP contribution is -2.33. The Bertz CT molecular complexity index is 865. The molecule has 25 heavy (non-hydrogen) atoms. The van der Waals surface area contributed by atoms with Crippen molar-refractivity contribution < 1.29 is 9.53 Å². The lowest BCUT2D eigenvalue weighted by Gasteiger charge is -2.31. The second kappa shape index (κ2) is 6.39. The fourth-order valence-electron chi connectivity index (χ4n) is 2.82. The van der Waals surface area contributed by atoms with Crippen molar-refractivity contribution in [2.75, 3.05) is 5.32 Å². The molecule has 7 heteroatoms. The summed E-state index contributed by atoms with van der Waals surface area (Å²) >= 11 is 12.6. The molecule has 132 valence electrons. The Morgan fingerprint density at radius 2 is 2.00 bits per heavy atom. The van der Waals surface area contributed by atoms with Crippen molar-refractivity contribution in [1.82, 2.24) is 9.78 Å². The highest BCUT2D eigenvalue weighted by atomic mass is 35.5. The molecule has 1 N–H and O–H groups in total. The minimum absolute atomic E-state index is 0.395. The van der Waals surface area contributed by atoms with Gasteiger partial charge in [-0.1, -0.05) is 35.3 Å². The molecule has 3 rings (SSSR count). The molecule has 2 aromatic rings. The molecule has 0 saturated carbocycles. The predicted octanol–water partition coefficient (Wildman–Crippen LogP) is 4.82. The van der Waals surface area contributed by atoms with Gasteiger partial charge in [0.05, 0.1) is 21.8 Å². The molecule has 1 unspecified atom stereocenters. The minimum Gasteiger partial charge on any atom is -0.456 e. The van der Waals surface area contributed by atoms with Gasteiger partial charge in [0, 0.05) is 17.3 Å². The Kier molecular flexibility index (Phi) is 4.56. The van der Waals surface area contributed by atoms with Gasteiger partial charge in [-0.15, -0.1) is 0 Å². The highest BCUT2D eigenvalue weighted by molar-refractivity contribution is 6.42. The lowest BCUT2D eigenvalue weighted by atomic mass is 9.95. The van der Waals surface area contributed by atoms with Gasteiger partial charge in [0.25, 0.3) is 0 Å². The summed E-state index contributed by atoms with van der Waals surface area (Å²) < 4.78 is 7.32. The summed E-state index contributed by atoms with van der Waals surface area (Å²) in [5.41, 5.74) is 1.23. The van der Waals surface area contributed by atoms with Gasteiger partial charge in [0.1, 0.15) is 17.5 Å². The average molecular weight is 380 g/mol. The molecule has 1 aromatic heterocycles. The van der Waals surface area contributed by atoms with Gasteiger partial charge in [-0.2, -0.15) is 5.10 Å². The maximum absolute atomic E-state index is 12.9. The number of hydrogen-bond acceptors (Lipinski definition) is 4. The highest BCUT2D eigenvalue weighted by Gasteiger charge is 2.36. The summed E-state index contributed by atoms with van der Waals surface area (Å²) in [5.74, 6) is 0.352. The summed E-state index contributed by atoms with van der Waals surface area (Å²) in [7, 11) is 0. The molecule has 1 aliphatic rings. The summed E-state index contributed by atoms with van der Waals surface area (Å²) in [6.45, 7) is 7.33. The van der Waals surface area contributed by atoms with Crippen LogP contribution in [0, 0.1) is 0 Å². The summed E-state index contributed by atoms with van der Waals surface area (Å²) in [6.07, 6.45) is 1.67. The van der Waals surface area contributed by atoms with E-state index in [1.807, 2.05) is 39.8 Å². The molecule has 0 radical (unpaired) electrons. The van der Waals surface area contributed by atoms with E-state index in [4.69, 9.17) is 27.9 Å². The van der Waals surface area contributed by atoms with E-state index in [1.54, 1.807) is 23.0 Å². The second-order valence-corrected chi connectivity index (χ2v) is 7.66. The van der Waals surface area contributed by atoms with Crippen LogP contribution in [0.25, 0.3) is 0 Å². The van der Waals surface area contributed by atoms with Crippen molar-refractivity contribution in [2.24, 2.45) is 0 Å². The number of nitrogens with one attached hydrogen (secondary N) is 1. The first-order valence-electron chi connectivity index (χ1n) is 7.87. The van der Waals surface area contributed by atoms with E-state index < -0.39 is 17.6 Å². The molecular weight excluding hydrogens is 361 g/mol. The van der Waals surface area contributed by atoms with Crippen LogP contribution in [0.2, 0.25) is 10.0 Å². The normalized spacial score (nSPS) is 17.1. The number of carbonyl (C=O) groups excluding carboxylic acids is 1. The standard InChI is InChI=1S/C18H19Cl2N3O2/c1-10-14(17(24)25-18(2,3)4)16(23-13(22-10)8-9-21-23)11-6-5-7-12(19)15(11)20/h5-9,16,22H,1-4H3. The maximum atomic E-state index is 12.9. The molecular formula is C18H19Cl2N3O2. The average Bonchev–Trinajstić information content (AvgIpc) is 2.94. The van der Waals surface area contributed by atoms with E-state index in [0.29, 0.717) is 26.9 Å². The zero-order chi connectivity index (χ0) is 18.4. The number of benzene rings is 1. The predicted molar refractivity (Wildman–Crippen MR) is 99.0 cm³/mol. The van der Waals surface area contributed by atoms with Gasteiger partial charge in [0.15, 0.2) is 0 Å². The zero-order valence-corrected chi connectivity index (χ0v) is 15.9. The molecule has 0 spiro atoms. The van der Waals surface area contributed by atoms with Gasteiger partial charge in [-0.25, -0.2) is 9.48 Å². The van der Waals surface area contributed by atoms with Crippen LogP contribution < -0.4 is 5.32 Å². The van der Waals surface area contributed by atoms with Gasteiger partial charge < -0.3 is 10.1 Å². The van der Waals surface area contributed by atoms with E-state index in [0.717, 1.165) is 5.82 Å². The van der Waals surface area contributed by atoms with E-state index in [9.17, 15) is 4.79 Å². The zero-order valence-electron chi connectivity index (χ0n) is 14.4. The Labute approximate surface area is 156 Å². The summed E-state index contributed by atoms with van der Waals surface area (Å²) in [5, 5.41) is 8.37. The molecule has 0 bridgehead atoms. The van der Waals surface area contributed by atoms with Crippen LogP contribution >= 0.6 is 23.2 Å². The minimum atomic E-state index is -0.614. The summed E-state index contributed by atoms with van der Waals surface area (Å²) in [6, 6.07) is 6.67. The van der Waals surface area contributed by atoms with Gasteiger partial charge in [-0.3, -0.25) is 0 Å². The van der Waals surface area contributed by atoms with E-state index in [2.05, 4.69) is 10.4 Å². The van der Waals surface area contributed by atoms with Crippen molar-refractivity contribution in [3.63, 3.8) is 0 Å². The fraction of sp³-hybridized carbons (Fsp3) is 0.333. The largest absolute Gasteiger partial charge is 0.456 e. The number of halogens is 2. The van der Waals surface area contributed by atoms with Crippen molar-refractivity contribution in [1.29, 1.82) is 0 Å². The topological polar surface area (TPSA) is 56.2 Å². The third kappa shape index (κ3) is 3.39. The first-order valence-corrected chi connectivity index (χ1v) is 8.63. The second-order valence-electron chi connectivity index (χ2n) is 6.87. The highest BCUT2D eigenvalue weighted by Crippen LogP contribution is 2.41. The van der Waals surface area contributed by atoms with Crippen molar-refractivity contribution in [3.05, 3.63) is 57.3 Å². The number of esters is 1. The molecule has 0 fully saturated rings. The van der Waals surface area contributed by atoms with Crippen LogP contribution in [0.1, 0.15) is 39.3 Å². The number of aromatic nitrogens is 2. The number of ether oxygens (including phenoxy) is 1. The maximum Gasteiger partial charge on any atom is 0.338 e. The van der Waals surface area contributed by atoms with Crippen LogP contribution in [0.15, 0.2) is 41.7 Å². The van der Waals surface area contributed by atoms with Crippen molar-refractivity contribution in [3.8, 4) is 0 Å². The number of hydrogen-bond donors (Lipinski definition) is 1. The van der Waals surface area contributed by atoms with Crippen LogP contribution in [0.3, 0.4) is 0 Å².